The zero-order valence-corrected chi connectivity index (χ0v) is 37.7. The van der Waals surface area contributed by atoms with E-state index in [-0.39, 0.29) is 11.5 Å². The summed E-state index contributed by atoms with van der Waals surface area (Å²) in [5.74, 6) is -0.484. The van der Waals surface area contributed by atoms with Crippen molar-refractivity contribution in [2.45, 2.75) is 70.6 Å². The van der Waals surface area contributed by atoms with Crippen molar-refractivity contribution in [2.24, 2.45) is 5.10 Å². The zero-order chi connectivity index (χ0) is 46.8. The number of carbonyl (C=O) groups excluding carboxylic acids is 4. The molecule has 0 amide bonds. The average Bonchev–Trinajstić information content (AvgIpc) is 3.78. The molecule has 0 aliphatic rings. The van der Waals surface area contributed by atoms with Gasteiger partial charge in [-0.1, -0.05) is 36.6 Å². The second kappa shape index (κ2) is 27.8. The minimum absolute atomic E-state index is 0.175. The van der Waals surface area contributed by atoms with Gasteiger partial charge >= 0.3 is 23.9 Å². The van der Waals surface area contributed by atoms with Crippen LogP contribution in [0.2, 0.25) is 0 Å². The first-order chi connectivity index (χ1) is 32.3. The van der Waals surface area contributed by atoms with Gasteiger partial charge in [-0.15, -0.1) is 0 Å². The highest BCUT2D eigenvalue weighted by molar-refractivity contribution is 7.22. The molecule has 1 heterocycles. The number of thiazole rings is 1. The van der Waals surface area contributed by atoms with Crippen LogP contribution in [0.3, 0.4) is 0 Å². The van der Waals surface area contributed by atoms with Gasteiger partial charge in [0.1, 0.15) is 23.0 Å². The van der Waals surface area contributed by atoms with Crippen LogP contribution in [0.1, 0.15) is 96.9 Å². The maximum absolute atomic E-state index is 13.5. The van der Waals surface area contributed by atoms with Crippen LogP contribution in [0.4, 0.5) is 5.13 Å². The fourth-order valence-corrected chi connectivity index (χ4v) is 7.16. The number of unbranched alkanes of at least 4 members (excludes halogenated alkanes) is 8. The van der Waals surface area contributed by atoms with E-state index in [2.05, 4.69) is 19.2 Å². The summed E-state index contributed by atoms with van der Waals surface area (Å²) in [6.07, 6.45) is 12.4. The minimum Gasteiger partial charge on any atom is -0.494 e. The topological polar surface area (TPSA) is 176 Å². The monoisotopic (exact) mass is 914 g/mol. The highest BCUT2D eigenvalue weighted by Crippen LogP contribution is 2.30. The third kappa shape index (κ3) is 17.0. The molecule has 0 spiro atoms. The molecule has 14 nitrogen and oxygen atoms in total. The summed E-state index contributed by atoms with van der Waals surface area (Å²) in [5.41, 5.74) is 1.78. The van der Waals surface area contributed by atoms with Crippen molar-refractivity contribution in [1.29, 1.82) is 5.26 Å². The van der Waals surface area contributed by atoms with Crippen molar-refractivity contribution >= 4 is 56.8 Å². The van der Waals surface area contributed by atoms with E-state index in [1.54, 1.807) is 65.7 Å². The lowest BCUT2D eigenvalue weighted by molar-refractivity contribution is -0.138. The van der Waals surface area contributed by atoms with Crippen LogP contribution in [-0.4, -0.2) is 68.0 Å². The SMILES string of the molecule is C=CC(=O)OCCCCCCOc1ccc(C(=O)Oc2ccc(OC(=O)c3ccc(OCCCCCCOC(=O)C=C)cc3)c(C=NN(CCCCC#N)c3nc4ccccc4s3)c2)cc1. The third-order valence-corrected chi connectivity index (χ3v) is 10.8. The van der Waals surface area contributed by atoms with Gasteiger partial charge in [-0.2, -0.15) is 10.4 Å². The van der Waals surface area contributed by atoms with E-state index in [0.717, 1.165) is 73.7 Å². The van der Waals surface area contributed by atoms with Crippen LogP contribution in [0.5, 0.6) is 23.0 Å². The van der Waals surface area contributed by atoms with Crippen LogP contribution in [-0.2, 0) is 19.1 Å². The quantitative estimate of drug-likeness (QED) is 0.0111. The lowest BCUT2D eigenvalue weighted by atomic mass is 10.2. The van der Waals surface area contributed by atoms with E-state index in [0.29, 0.717) is 85.6 Å². The first-order valence-electron chi connectivity index (χ1n) is 21.9. The molecule has 66 heavy (non-hydrogen) atoms. The number of nitrogens with zero attached hydrogens (tertiary/aromatic N) is 4. The molecule has 0 saturated carbocycles. The second-order valence-corrected chi connectivity index (χ2v) is 15.8. The lowest BCUT2D eigenvalue weighted by Gasteiger charge is -2.16. The molecule has 0 bridgehead atoms. The third-order valence-electron chi connectivity index (χ3n) is 9.76. The molecule has 4 aromatic carbocycles. The number of esters is 4. The Balaban J connectivity index is 1.24. The average molecular weight is 915 g/mol. The van der Waals surface area contributed by atoms with Gasteiger partial charge in [0, 0.05) is 30.7 Å². The van der Waals surface area contributed by atoms with Crippen LogP contribution in [0.25, 0.3) is 10.2 Å². The molecular weight excluding hydrogens is 861 g/mol. The van der Waals surface area contributed by atoms with E-state index >= 15 is 0 Å². The Morgan fingerprint density at radius 3 is 1.76 bits per heavy atom. The molecular formula is C51H54N4O10S. The summed E-state index contributed by atoms with van der Waals surface area (Å²) < 4.78 is 34.4. The number of rotatable bonds is 29. The Labute approximate surface area is 389 Å². The molecule has 5 rings (SSSR count). The minimum atomic E-state index is -0.619. The number of hydrazone groups is 1. The summed E-state index contributed by atoms with van der Waals surface area (Å²) in [5, 5.41) is 16.3. The van der Waals surface area contributed by atoms with E-state index in [1.165, 1.54) is 23.6 Å². The van der Waals surface area contributed by atoms with E-state index in [9.17, 15) is 19.2 Å². The number of hydrogen-bond donors (Lipinski definition) is 0. The van der Waals surface area contributed by atoms with E-state index in [1.807, 2.05) is 24.3 Å². The van der Waals surface area contributed by atoms with Crippen LogP contribution in [0, 0.1) is 11.3 Å². The van der Waals surface area contributed by atoms with Gasteiger partial charge in [-0.25, -0.2) is 29.2 Å². The summed E-state index contributed by atoms with van der Waals surface area (Å²) >= 11 is 1.48. The molecule has 15 heteroatoms. The number of carbonyl (C=O) groups is 4. The number of aromatic nitrogens is 1. The summed E-state index contributed by atoms with van der Waals surface area (Å²) in [7, 11) is 0. The van der Waals surface area contributed by atoms with E-state index in [4.69, 9.17) is 43.8 Å². The Morgan fingerprint density at radius 1 is 0.652 bits per heavy atom. The number of hydrogen-bond acceptors (Lipinski definition) is 15. The van der Waals surface area contributed by atoms with Gasteiger partial charge in [0.25, 0.3) is 0 Å². The van der Waals surface area contributed by atoms with Gasteiger partial charge in [0.2, 0.25) is 5.13 Å². The molecule has 0 fully saturated rings. The summed E-state index contributed by atoms with van der Waals surface area (Å²) in [6.45, 7) is 8.94. The molecule has 0 N–H and O–H groups in total. The number of ether oxygens (including phenoxy) is 6. The Kier molecular flexibility index (Phi) is 20.9. The highest BCUT2D eigenvalue weighted by atomic mass is 32.1. The second-order valence-electron chi connectivity index (χ2n) is 14.7. The van der Waals surface area contributed by atoms with Crippen molar-refractivity contribution in [2.75, 3.05) is 38.0 Å². The normalized spacial score (nSPS) is 10.8. The van der Waals surface area contributed by atoms with Gasteiger partial charge in [-0.05, 0) is 143 Å². The number of fused-ring (bicyclic) bond motifs is 1. The fourth-order valence-electron chi connectivity index (χ4n) is 6.21. The Bertz CT molecular complexity index is 2410. The number of para-hydroxylation sites is 1. The summed E-state index contributed by atoms with van der Waals surface area (Å²) in [6, 6.07) is 27.9. The molecule has 344 valence electrons. The predicted octanol–water partition coefficient (Wildman–Crippen LogP) is 10.6. The molecule has 0 saturated heterocycles. The maximum Gasteiger partial charge on any atom is 0.343 e. The molecule has 0 atom stereocenters. The predicted molar refractivity (Wildman–Crippen MR) is 254 cm³/mol. The van der Waals surface area contributed by atoms with Crippen molar-refractivity contribution in [3.8, 4) is 29.1 Å². The smallest absolute Gasteiger partial charge is 0.343 e. The van der Waals surface area contributed by atoms with Crippen LogP contribution >= 0.6 is 11.3 Å². The standard InChI is InChI=1S/C51H54N4O10S/c1-3-47(56)62-34-16-7-5-14-32-60-41-24-20-38(21-25-41)49(58)64-43-28-29-45(65-50(59)39-22-26-42(27-23-39)61-33-15-6-8-17-35-63-48(57)4-2)40(36-43)37-53-55(31-13-9-12-30-52)51-54-44-18-10-11-19-46(44)66-51/h3-4,10-11,18-29,36-37H,1-2,5-9,12-17,31-35H2. The van der Waals surface area contributed by atoms with Gasteiger partial charge in [0.05, 0.1) is 60.1 Å². The van der Waals surface area contributed by atoms with Crippen molar-refractivity contribution in [1.82, 2.24) is 4.98 Å². The lowest BCUT2D eigenvalue weighted by Crippen LogP contribution is -2.18. The van der Waals surface area contributed by atoms with Gasteiger partial charge < -0.3 is 28.4 Å². The van der Waals surface area contributed by atoms with Crippen molar-refractivity contribution in [3.63, 3.8) is 0 Å². The molecule has 0 unspecified atom stereocenters. The maximum atomic E-state index is 13.5. The zero-order valence-electron chi connectivity index (χ0n) is 36.9. The number of anilines is 1. The Hall–Kier alpha value is -7.31. The van der Waals surface area contributed by atoms with Gasteiger partial charge in [-0.3, -0.25) is 0 Å². The largest absolute Gasteiger partial charge is 0.494 e. The summed E-state index contributed by atoms with van der Waals surface area (Å²) in [4.78, 5) is 54.0. The molecule has 0 aliphatic carbocycles. The van der Waals surface area contributed by atoms with Gasteiger partial charge in [0.15, 0.2) is 0 Å². The first kappa shape index (κ1) is 49.7. The van der Waals surface area contributed by atoms with Crippen LogP contribution < -0.4 is 24.0 Å². The highest BCUT2D eigenvalue weighted by Gasteiger charge is 2.17. The van der Waals surface area contributed by atoms with Crippen LogP contribution in [0.15, 0.2) is 121 Å². The molecule has 0 radical (unpaired) electrons. The van der Waals surface area contributed by atoms with Crippen molar-refractivity contribution in [3.05, 3.63) is 133 Å². The van der Waals surface area contributed by atoms with E-state index < -0.39 is 23.9 Å². The van der Waals surface area contributed by atoms with Crippen molar-refractivity contribution < 1.29 is 47.6 Å². The molecule has 0 aliphatic heterocycles. The Morgan fingerprint density at radius 2 is 1.20 bits per heavy atom. The molecule has 5 aromatic rings. The molecule has 1 aromatic heterocycles. The fraction of sp³-hybridized carbons (Fsp3) is 0.314. The first-order valence-corrected chi connectivity index (χ1v) is 22.7. The number of benzene rings is 4. The number of nitriles is 1.